The van der Waals surface area contributed by atoms with Crippen LogP contribution in [0.3, 0.4) is 0 Å². The molecule has 0 bridgehead atoms. The zero-order valence-electron chi connectivity index (χ0n) is 10.0. The van der Waals surface area contributed by atoms with Gasteiger partial charge < -0.3 is 10.6 Å². The number of hydrogen-bond donors (Lipinski definition) is 2. The van der Waals surface area contributed by atoms with Gasteiger partial charge in [-0.3, -0.25) is 4.79 Å². The Morgan fingerprint density at radius 3 is 2.44 bits per heavy atom. The minimum absolute atomic E-state index is 0.105. The summed E-state index contributed by atoms with van der Waals surface area (Å²) in [7, 11) is 0. The topological polar surface area (TPSA) is 41.1 Å². The highest BCUT2D eigenvalue weighted by Crippen LogP contribution is 2.28. The van der Waals surface area contributed by atoms with Crippen molar-refractivity contribution in [3.63, 3.8) is 0 Å². The standard InChI is InChI=1S/C13H16F2N2O/c14-11-5-9(6-12(15)7-11)8-16-3-4-17-13(18)10-1-2-10/h5-7,10,16H,1-4,8H2,(H,17,18). The number of nitrogens with one attached hydrogen (secondary N) is 2. The molecule has 5 heteroatoms. The Hall–Kier alpha value is -1.49. The van der Waals surface area contributed by atoms with E-state index < -0.39 is 11.6 Å². The highest BCUT2D eigenvalue weighted by molar-refractivity contribution is 5.80. The molecule has 1 aliphatic rings. The van der Waals surface area contributed by atoms with Crippen LogP contribution in [0.2, 0.25) is 0 Å². The summed E-state index contributed by atoms with van der Waals surface area (Å²) < 4.78 is 25.8. The Labute approximate surface area is 105 Å². The molecule has 3 nitrogen and oxygen atoms in total. The Bertz CT molecular complexity index is 413. The Morgan fingerprint density at radius 1 is 1.17 bits per heavy atom. The summed E-state index contributed by atoms with van der Waals surface area (Å²) in [5, 5.41) is 5.83. The first kappa shape index (κ1) is 13.0. The molecule has 0 saturated heterocycles. The summed E-state index contributed by atoms with van der Waals surface area (Å²) >= 11 is 0. The van der Waals surface area contributed by atoms with Crippen molar-refractivity contribution >= 4 is 5.91 Å². The van der Waals surface area contributed by atoms with Gasteiger partial charge in [-0.2, -0.15) is 0 Å². The lowest BCUT2D eigenvalue weighted by atomic mass is 10.2. The highest BCUT2D eigenvalue weighted by Gasteiger charge is 2.28. The fourth-order valence-corrected chi connectivity index (χ4v) is 1.71. The molecule has 1 aromatic rings. The van der Waals surface area contributed by atoms with Crippen LogP contribution in [-0.4, -0.2) is 19.0 Å². The fourth-order valence-electron chi connectivity index (χ4n) is 1.71. The molecular weight excluding hydrogens is 238 g/mol. The lowest BCUT2D eigenvalue weighted by Crippen LogP contribution is -2.32. The van der Waals surface area contributed by atoms with Crippen molar-refractivity contribution in [3.8, 4) is 0 Å². The average molecular weight is 254 g/mol. The first-order valence-corrected chi connectivity index (χ1v) is 6.08. The highest BCUT2D eigenvalue weighted by atomic mass is 19.1. The second kappa shape index (κ2) is 5.91. The van der Waals surface area contributed by atoms with E-state index in [1.807, 2.05) is 0 Å². The molecule has 1 fully saturated rings. The smallest absolute Gasteiger partial charge is 0.223 e. The molecule has 18 heavy (non-hydrogen) atoms. The van der Waals surface area contributed by atoms with Gasteiger partial charge in [-0.1, -0.05) is 0 Å². The monoisotopic (exact) mass is 254 g/mol. The van der Waals surface area contributed by atoms with Crippen molar-refractivity contribution in [1.82, 2.24) is 10.6 Å². The van der Waals surface area contributed by atoms with E-state index in [0.717, 1.165) is 18.9 Å². The fraction of sp³-hybridized carbons (Fsp3) is 0.462. The molecule has 98 valence electrons. The van der Waals surface area contributed by atoms with Crippen molar-refractivity contribution in [2.75, 3.05) is 13.1 Å². The van der Waals surface area contributed by atoms with Gasteiger partial charge in [0.2, 0.25) is 5.91 Å². The van der Waals surface area contributed by atoms with Gasteiger partial charge >= 0.3 is 0 Å². The summed E-state index contributed by atoms with van der Waals surface area (Å²) in [6.45, 7) is 1.50. The van der Waals surface area contributed by atoms with Crippen LogP contribution in [0, 0.1) is 17.6 Å². The second-order valence-electron chi connectivity index (χ2n) is 4.52. The molecule has 0 unspecified atom stereocenters. The van der Waals surface area contributed by atoms with Gasteiger partial charge in [-0.25, -0.2) is 8.78 Å². The van der Waals surface area contributed by atoms with Crippen LogP contribution in [0.15, 0.2) is 18.2 Å². The van der Waals surface area contributed by atoms with Crippen LogP contribution in [0.25, 0.3) is 0 Å². The van der Waals surface area contributed by atoms with E-state index >= 15 is 0 Å². The Morgan fingerprint density at radius 2 is 1.83 bits per heavy atom. The Kier molecular flexibility index (Phi) is 4.25. The van der Waals surface area contributed by atoms with E-state index in [9.17, 15) is 13.6 Å². The quantitative estimate of drug-likeness (QED) is 0.757. The van der Waals surface area contributed by atoms with Crippen molar-refractivity contribution < 1.29 is 13.6 Å². The summed E-state index contributed by atoms with van der Waals surface area (Å²) in [6.07, 6.45) is 1.98. The summed E-state index contributed by atoms with van der Waals surface area (Å²) in [5.74, 6) is -0.835. The van der Waals surface area contributed by atoms with E-state index in [1.54, 1.807) is 0 Å². The summed E-state index contributed by atoms with van der Waals surface area (Å²) in [4.78, 5) is 11.3. The second-order valence-corrected chi connectivity index (χ2v) is 4.52. The number of benzene rings is 1. The van der Waals surface area contributed by atoms with Gasteiger partial charge in [0.1, 0.15) is 11.6 Å². The third kappa shape index (κ3) is 4.07. The molecule has 0 radical (unpaired) electrons. The van der Waals surface area contributed by atoms with Crippen molar-refractivity contribution in [2.24, 2.45) is 5.92 Å². The van der Waals surface area contributed by atoms with Crippen LogP contribution in [0.5, 0.6) is 0 Å². The third-order valence-electron chi connectivity index (χ3n) is 2.80. The molecule has 0 heterocycles. The van der Waals surface area contributed by atoms with Crippen LogP contribution in [0.4, 0.5) is 8.78 Å². The third-order valence-corrected chi connectivity index (χ3v) is 2.80. The van der Waals surface area contributed by atoms with Crippen molar-refractivity contribution in [3.05, 3.63) is 35.4 Å². The minimum atomic E-state index is -0.575. The lowest BCUT2D eigenvalue weighted by Gasteiger charge is -2.06. The van der Waals surface area contributed by atoms with Gasteiger partial charge in [0.05, 0.1) is 0 Å². The normalized spacial score (nSPS) is 14.6. The summed E-state index contributed by atoms with van der Waals surface area (Å²) in [5.41, 5.74) is 0.556. The predicted octanol–water partition coefficient (Wildman–Crippen LogP) is 1.58. The van der Waals surface area contributed by atoms with E-state index in [1.165, 1.54) is 12.1 Å². The van der Waals surface area contributed by atoms with Crippen LogP contribution < -0.4 is 10.6 Å². The maximum atomic E-state index is 12.9. The molecule has 0 aromatic heterocycles. The molecule has 0 atom stereocenters. The molecule has 1 amide bonds. The number of hydrogen-bond acceptors (Lipinski definition) is 2. The molecule has 1 aromatic carbocycles. The molecule has 2 N–H and O–H groups in total. The van der Waals surface area contributed by atoms with Gasteiger partial charge in [0, 0.05) is 31.6 Å². The lowest BCUT2D eigenvalue weighted by molar-refractivity contribution is -0.122. The van der Waals surface area contributed by atoms with Gasteiger partial charge in [0.25, 0.3) is 0 Å². The molecule has 2 rings (SSSR count). The SMILES string of the molecule is O=C(NCCNCc1cc(F)cc(F)c1)C1CC1. The van der Waals surface area contributed by atoms with E-state index in [0.29, 0.717) is 25.2 Å². The largest absolute Gasteiger partial charge is 0.355 e. The first-order valence-electron chi connectivity index (χ1n) is 6.08. The van der Waals surface area contributed by atoms with Gasteiger partial charge in [0.15, 0.2) is 0 Å². The zero-order chi connectivity index (χ0) is 13.0. The Balaban J connectivity index is 1.63. The van der Waals surface area contributed by atoms with Crippen LogP contribution in [0.1, 0.15) is 18.4 Å². The predicted molar refractivity (Wildman–Crippen MR) is 63.8 cm³/mol. The molecule has 1 saturated carbocycles. The van der Waals surface area contributed by atoms with Crippen LogP contribution >= 0.6 is 0 Å². The number of rotatable bonds is 6. The molecular formula is C13H16F2N2O. The maximum Gasteiger partial charge on any atom is 0.223 e. The van der Waals surface area contributed by atoms with Crippen molar-refractivity contribution in [2.45, 2.75) is 19.4 Å². The van der Waals surface area contributed by atoms with E-state index in [4.69, 9.17) is 0 Å². The van der Waals surface area contributed by atoms with E-state index in [-0.39, 0.29) is 11.8 Å². The van der Waals surface area contributed by atoms with Gasteiger partial charge in [-0.15, -0.1) is 0 Å². The number of halogens is 2. The summed E-state index contributed by atoms with van der Waals surface area (Å²) in [6, 6.07) is 3.43. The number of carbonyl (C=O) groups excluding carboxylic acids is 1. The van der Waals surface area contributed by atoms with Crippen molar-refractivity contribution in [1.29, 1.82) is 0 Å². The average Bonchev–Trinajstić information content (AvgIpc) is 3.10. The van der Waals surface area contributed by atoms with E-state index in [2.05, 4.69) is 10.6 Å². The molecule has 1 aliphatic carbocycles. The zero-order valence-corrected chi connectivity index (χ0v) is 10.0. The van der Waals surface area contributed by atoms with Gasteiger partial charge in [-0.05, 0) is 30.5 Å². The number of carbonyl (C=O) groups is 1. The van der Waals surface area contributed by atoms with Crippen LogP contribution in [-0.2, 0) is 11.3 Å². The minimum Gasteiger partial charge on any atom is -0.355 e. The first-order chi connectivity index (χ1) is 8.65. The number of amides is 1. The molecule has 0 aliphatic heterocycles. The maximum absolute atomic E-state index is 12.9. The molecule has 0 spiro atoms.